The molecule has 9 heteroatoms. The molecule has 2 amide bonds. The lowest BCUT2D eigenvalue weighted by Gasteiger charge is -2.17. The van der Waals surface area contributed by atoms with Gasteiger partial charge >= 0.3 is 0 Å². The Morgan fingerprint density at radius 2 is 1.75 bits per heavy atom. The second kappa shape index (κ2) is 9.45. The highest BCUT2D eigenvalue weighted by molar-refractivity contribution is 7.89. The van der Waals surface area contributed by atoms with Crippen molar-refractivity contribution in [3.8, 4) is 0 Å². The summed E-state index contributed by atoms with van der Waals surface area (Å²) in [6.45, 7) is 1.76. The van der Waals surface area contributed by atoms with E-state index in [0.717, 1.165) is 15.4 Å². The maximum Gasteiger partial charge on any atom is 0.269 e. The van der Waals surface area contributed by atoms with Crippen LogP contribution in [0.3, 0.4) is 0 Å². The SMILES string of the molecule is COCc1cccc(C(=O)NNC(=O)CN(C)S(=O)(=O)c2ccc(C)cc2)c1. The Hall–Kier alpha value is -2.75. The van der Waals surface area contributed by atoms with Gasteiger partial charge in [-0.1, -0.05) is 29.8 Å². The minimum absolute atomic E-state index is 0.0902. The molecule has 0 aliphatic carbocycles. The largest absolute Gasteiger partial charge is 0.380 e. The predicted octanol–water partition coefficient (Wildman–Crippen LogP) is 1.22. The molecule has 2 N–H and O–H groups in total. The maximum absolute atomic E-state index is 12.5. The summed E-state index contributed by atoms with van der Waals surface area (Å²) in [7, 11) is -0.961. The first kappa shape index (κ1) is 21.5. The Balaban J connectivity index is 1.93. The molecule has 8 nitrogen and oxygen atoms in total. The quantitative estimate of drug-likeness (QED) is 0.674. The van der Waals surface area contributed by atoms with Gasteiger partial charge < -0.3 is 4.74 Å². The topological polar surface area (TPSA) is 105 Å². The zero-order valence-corrected chi connectivity index (χ0v) is 16.7. The van der Waals surface area contributed by atoms with Gasteiger partial charge in [-0.2, -0.15) is 4.31 Å². The molecule has 28 heavy (non-hydrogen) atoms. The van der Waals surface area contributed by atoms with Crippen LogP contribution in [-0.2, 0) is 26.2 Å². The van der Waals surface area contributed by atoms with Crippen molar-refractivity contribution in [1.29, 1.82) is 0 Å². The van der Waals surface area contributed by atoms with Crippen LogP contribution in [0.2, 0.25) is 0 Å². The van der Waals surface area contributed by atoms with E-state index in [9.17, 15) is 18.0 Å². The van der Waals surface area contributed by atoms with Crippen LogP contribution < -0.4 is 10.9 Å². The smallest absolute Gasteiger partial charge is 0.269 e. The summed E-state index contributed by atoms with van der Waals surface area (Å²) in [5.41, 5.74) is 6.57. The van der Waals surface area contributed by atoms with E-state index in [-0.39, 0.29) is 4.90 Å². The standard InChI is InChI=1S/C19H23N3O5S/c1-14-7-9-17(10-8-14)28(25,26)22(2)12-18(23)20-21-19(24)16-6-4-5-15(11-16)13-27-3/h4-11H,12-13H2,1-3H3,(H,20,23)(H,21,24). The third kappa shape index (κ3) is 5.62. The van der Waals surface area contributed by atoms with Gasteiger partial charge in [0, 0.05) is 19.7 Å². The van der Waals surface area contributed by atoms with E-state index >= 15 is 0 Å². The number of aryl methyl sites for hydroxylation is 1. The number of amides is 2. The molecule has 0 aliphatic rings. The van der Waals surface area contributed by atoms with Gasteiger partial charge in [0.25, 0.3) is 11.8 Å². The number of carbonyl (C=O) groups excluding carboxylic acids is 2. The molecule has 0 bridgehead atoms. The van der Waals surface area contributed by atoms with Crippen LogP contribution in [0.25, 0.3) is 0 Å². The molecule has 0 fully saturated rings. The Bertz CT molecular complexity index is 942. The molecule has 0 saturated heterocycles. The minimum Gasteiger partial charge on any atom is -0.380 e. The number of rotatable bonds is 7. The molecule has 0 unspecified atom stereocenters. The van der Waals surface area contributed by atoms with E-state index < -0.39 is 28.4 Å². The van der Waals surface area contributed by atoms with Gasteiger partial charge in [0.15, 0.2) is 0 Å². The van der Waals surface area contributed by atoms with Crippen molar-refractivity contribution in [1.82, 2.24) is 15.2 Å². The lowest BCUT2D eigenvalue weighted by atomic mass is 10.1. The van der Waals surface area contributed by atoms with E-state index in [2.05, 4.69) is 10.9 Å². The first-order valence-electron chi connectivity index (χ1n) is 8.44. The molecule has 0 aromatic heterocycles. The van der Waals surface area contributed by atoms with Crippen LogP contribution in [0.5, 0.6) is 0 Å². The number of likely N-dealkylation sites (N-methyl/N-ethyl adjacent to an activating group) is 1. The molecule has 0 atom stereocenters. The summed E-state index contributed by atoms with van der Waals surface area (Å²) in [6, 6.07) is 13.1. The molecule has 0 saturated carbocycles. The van der Waals surface area contributed by atoms with Crippen molar-refractivity contribution in [2.24, 2.45) is 0 Å². The first-order chi connectivity index (χ1) is 13.2. The Morgan fingerprint density at radius 3 is 2.39 bits per heavy atom. The van der Waals surface area contributed by atoms with Crippen LogP contribution in [-0.4, -0.2) is 45.2 Å². The number of sulfonamides is 1. The van der Waals surface area contributed by atoms with E-state index in [4.69, 9.17) is 4.74 Å². The number of methoxy groups -OCH3 is 1. The molecule has 0 aliphatic heterocycles. The molecule has 2 aromatic rings. The van der Waals surface area contributed by atoms with Crippen LogP contribution >= 0.6 is 0 Å². The average molecular weight is 405 g/mol. The van der Waals surface area contributed by atoms with Crippen LogP contribution in [0, 0.1) is 6.92 Å². The summed E-state index contributed by atoms with van der Waals surface area (Å²) >= 11 is 0. The number of carbonyl (C=O) groups is 2. The molecule has 0 radical (unpaired) electrons. The van der Waals surface area contributed by atoms with Crippen molar-refractivity contribution >= 4 is 21.8 Å². The fraction of sp³-hybridized carbons (Fsp3) is 0.263. The number of nitrogens with one attached hydrogen (secondary N) is 2. The van der Waals surface area contributed by atoms with Gasteiger partial charge in [0.1, 0.15) is 0 Å². The fourth-order valence-corrected chi connectivity index (χ4v) is 3.51. The number of hydrogen-bond donors (Lipinski definition) is 2. The lowest BCUT2D eigenvalue weighted by Crippen LogP contribution is -2.46. The predicted molar refractivity (Wildman–Crippen MR) is 104 cm³/mol. The third-order valence-corrected chi connectivity index (χ3v) is 5.73. The molecule has 0 heterocycles. The summed E-state index contributed by atoms with van der Waals surface area (Å²) < 4.78 is 30.9. The Kier molecular flexibility index (Phi) is 7.27. The molecule has 150 valence electrons. The van der Waals surface area contributed by atoms with Gasteiger partial charge in [0.2, 0.25) is 10.0 Å². The van der Waals surface area contributed by atoms with Crippen molar-refractivity contribution in [3.05, 3.63) is 65.2 Å². The zero-order chi connectivity index (χ0) is 20.7. The van der Waals surface area contributed by atoms with Gasteiger partial charge in [-0.05, 0) is 36.8 Å². The van der Waals surface area contributed by atoms with Gasteiger partial charge in [0.05, 0.1) is 18.0 Å². The summed E-state index contributed by atoms with van der Waals surface area (Å²) in [5, 5.41) is 0. The van der Waals surface area contributed by atoms with Crippen molar-refractivity contribution in [3.63, 3.8) is 0 Å². The molecular formula is C19H23N3O5S. The lowest BCUT2D eigenvalue weighted by molar-refractivity contribution is -0.121. The van der Waals surface area contributed by atoms with Crippen molar-refractivity contribution in [2.45, 2.75) is 18.4 Å². The summed E-state index contributed by atoms with van der Waals surface area (Å²) in [5.74, 6) is -1.19. The first-order valence-corrected chi connectivity index (χ1v) is 9.88. The monoisotopic (exact) mass is 405 g/mol. The highest BCUT2D eigenvalue weighted by Crippen LogP contribution is 2.14. The summed E-state index contributed by atoms with van der Waals surface area (Å²) in [4.78, 5) is 24.3. The molecule has 2 rings (SSSR count). The van der Waals surface area contributed by atoms with Gasteiger partial charge in [-0.15, -0.1) is 0 Å². The van der Waals surface area contributed by atoms with Crippen LogP contribution in [0.4, 0.5) is 0 Å². The van der Waals surface area contributed by atoms with E-state index in [1.165, 1.54) is 19.2 Å². The zero-order valence-electron chi connectivity index (χ0n) is 15.9. The number of hydrogen-bond acceptors (Lipinski definition) is 5. The van der Waals surface area contributed by atoms with Gasteiger partial charge in [-0.3, -0.25) is 20.4 Å². The fourth-order valence-electron chi connectivity index (χ4n) is 2.38. The normalized spacial score (nSPS) is 11.3. The second-order valence-electron chi connectivity index (χ2n) is 6.21. The number of benzene rings is 2. The minimum atomic E-state index is -3.81. The van der Waals surface area contributed by atoms with Crippen LogP contribution in [0.1, 0.15) is 21.5 Å². The van der Waals surface area contributed by atoms with Crippen LogP contribution in [0.15, 0.2) is 53.4 Å². The number of ether oxygens (including phenoxy) is 1. The second-order valence-corrected chi connectivity index (χ2v) is 8.25. The maximum atomic E-state index is 12.5. The van der Waals surface area contributed by atoms with E-state index in [0.29, 0.717) is 12.2 Å². The Labute approximate surface area is 164 Å². The van der Waals surface area contributed by atoms with E-state index in [1.807, 2.05) is 13.0 Å². The number of hydrazine groups is 1. The molecule has 2 aromatic carbocycles. The summed E-state index contributed by atoms with van der Waals surface area (Å²) in [6.07, 6.45) is 0. The highest BCUT2D eigenvalue weighted by atomic mass is 32.2. The highest BCUT2D eigenvalue weighted by Gasteiger charge is 2.23. The third-order valence-electron chi connectivity index (χ3n) is 3.91. The number of nitrogens with zero attached hydrogens (tertiary/aromatic N) is 1. The van der Waals surface area contributed by atoms with Crippen molar-refractivity contribution < 1.29 is 22.7 Å². The molecule has 0 spiro atoms. The van der Waals surface area contributed by atoms with Gasteiger partial charge in [-0.25, -0.2) is 8.42 Å². The van der Waals surface area contributed by atoms with Crippen molar-refractivity contribution in [2.75, 3.05) is 20.7 Å². The average Bonchev–Trinajstić information content (AvgIpc) is 2.67. The van der Waals surface area contributed by atoms with E-state index in [1.54, 1.807) is 37.4 Å². The molecular weight excluding hydrogens is 382 g/mol. The Morgan fingerprint density at radius 1 is 1.07 bits per heavy atom.